The summed E-state index contributed by atoms with van der Waals surface area (Å²) in [4.78, 5) is 28.8. The summed E-state index contributed by atoms with van der Waals surface area (Å²) in [7, 11) is 1.52. The lowest BCUT2D eigenvalue weighted by molar-refractivity contribution is -0.145. The predicted molar refractivity (Wildman–Crippen MR) is 90.7 cm³/mol. The third-order valence-corrected chi connectivity index (χ3v) is 5.24. The van der Waals surface area contributed by atoms with Gasteiger partial charge in [-0.15, -0.1) is 0 Å². The molecule has 7 nitrogen and oxygen atoms in total. The zero-order valence-electron chi connectivity index (χ0n) is 15.1. The molecule has 0 N–H and O–H groups in total. The van der Waals surface area contributed by atoms with Crippen molar-refractivity contribution in [3.63, 3.8) is 0 Å². The number of likely N-dealkylation sites (tertiary alicyclic amines) is 2. The summed E-state index contributed by atoms with van der Waals surface area (Å²) in [6.07, 6.45) is 4.50. The lowest BCUT2D eigenvalue weighted by Crippen LogP contribution is -2.47. The SMILES string of the molecule is COCC(=O)N1CCC(C(=O)N2CCCC[C@@H]2c2cc(C)on2)CC1. The van der Waals surface area contributed by atoms with E-state index in [2.05, 4.69) is 5.16 Å². The van der Waals surface area contributed by atoms with E-state index in [4.69, 9.17) is 9.26 Å². The standard InChI is InChI=1S/C18H27N3O4/c1-13-11-15(19-25-13)16-5-3-4-8-21(16)18(23)14-6-9-20(10-7-14)17(22)12-24-2/h11,14,16H,3-10,12H2,1-2H3/t16-/m1/s1. The van der Waals surface area contributed by atoms with Gasteiger partial charge in [-0.25, -0.2) is 0 Å². The van der Waals surface area contributed by atoms with Crippen molar-refractivity contribution in [2.24, 2.45) is 5.92 Å². The highest BCUT2D eigenvalue weighted by atomic mass is 16.5. The van der Waals surface area contributed by atoms with Crippen molar-refractivity contribution in [1.29, 1.82) is 0 Å². The van der Waals surface area contributed by atoms with Gasteiger partial charge < -0.3 is 19.1 Å². The summed E-state index contributed by atoms with van der Waals surface area (Å²) >= 11 is 0. The molecule has 2 aliphatic rings. The largest absolute Gasteiger partial charge is 0.375 e. The van der Waals surface area contributed by atoms with Crippen molar-refractivity contribution in [1.82, 2.24) is 15.0 Å². The van der Waals surface area contributed by atoms with E-state index < -0.39 is 0 Å². The van der Waals surface area contributed by atoms with E-state index in [1.54, 1.807) is 4.90 Å². The first kappa shape index (κ1) is 17.9. The van der Waals surface area contributed by atoms with Gasteiger partial charge in [-0.2, -0.15) is 0 Å². The van der Waals surface area contributed by atoms with E-state index in [0.717, 1.165) is 50.1 Å². The molecule has 25 heavy (non-hydrogen) atoms. The van der Waals surface area contributed by atoms with Crippen LogP contribution in [-0.2, 0) is 14.3 Å². The van der Waals surface area contributed by atoms with Crippen LogP contribution in [0.5, 0.6) is 0 Å². The van der Waals surface area contributed by atoms with E-state index in [1.807, 2.05) is 17.9 Å². The van der Waals surface area contributed by atoms with E-state index in [9.17, 15) is 9.59 Å². The molecule has 0 unspecified atom stereocenters. The first-order valence-electron chi connectivity index (χ1n) is 9.10. The summed E-state index contributed by atoms with van der Waals surface area (Å²) in [6, 6.07) is 1.95. The topological polar surface area (TPSA) is 75.9 Å². The Bertz CT molecular complexity index is 607. The number of carbonyl (C=O) groups is 2. The molecule has 1 atom stereocenters. The van der Waals surface area contributed by atoms with Gasteiger partial charge >= 0.3 is 0 Å². The summed E-state index contributed by atoms with van der Waals surface area (Å²) in [5.41, 5.74) is 0.859. The summed E-state index contributed by atoms with van der Waals surface area (Å²) in [5.74, 6) is 0.963. The van der Waals surface area contributed by atoms with Gasteiger partial charge in [-0.3, -0.25) is 9.59 Å². The fraction of sp³-hybridized carbons (Fsp3) is 0.722. The molecule has 0 spiro atoms. The first-order valence-corrected chi connectivity index (χ1v) is 9.10. The van der Waals surface area contributed by atoms with Crippen LogP contribution in [0.25, 0.3) is 0 Å². The highest BCUT2D eigenvalue weighted by Gasteiger charge is 2.35. The number of aryl methyl sites for hydroxylation is 1. The predicted octanol–water partition coefficient (Wildman–Crippen LogP) is 1.92. The third-order valence-electron chi connectivity index (χ3n) is 5.24. The van der Waals surface area contributed by atoms with Gasteiger partial charge in [0.15, 0.2) is 0 Å². The molecule has 3 heterocycles. The molecule has 138 valence electrons. The molecular weight excluding hydrogens is 322 g/mol. The molecule has 0 bridgehead atoms. The van der Waals surface area contributed by atoms with Gasteiger partial charge in [0.05, 0.1) is 6.04 Å². The Morgan fingerprint density at radius 1 is 1.24 bits per heavy atom. The Kier molecular flexibility index (Phi) is 5.73. The minimum atomic E-state index is -0.0137. The van der Waals surface area contributed by atoms with Gasteiger partial charge in [0.2, 0.25) is 11.8 Å². The van der Waals surface area contributed by atoms with E-state index >= 15 is 0 Å². The smallest absolute Gasteiger partial charge is 0.248 e. The van der Waals surface area contributed by atoms with Crippen LogP contribution in [0.15, 0.2) is 10.6 Å². The van der Waals surface area contributed by atoms with Gasteiger partial charge in [-0.1, -0.05) is 5.16 Å². The average molecular weight is 349 g/mol. The number of aromatic nitrogens is 1. The number of carbonyl (C=O) groups excluding carboxylic acids is 2. The number of nitrogens with zero attached hydrogens (tertiary/aromatic N) is 3. The van der Waals surface area contributed by atoms with Crippen LogP contribution in [0.3, 0.4) is 0 Å². The fourth-order valence-electron chi connectivity index (χ4n) is 3.87. The van der Waals surface area contributed by atoms with Crippen LogP contribution in [0.4, 0.5) is 0 Å². The van der Waals surface area contributed by atoms with E-state index in [1.165, 1.54) is 7.11 Å². The van der Waals surface area contributed by atoms with Gasteiger partial charge in [0, 0.05) is 38.7 Å². The molecule has 2 aliphatic heterocycles. The number of amides is 2. The van der Waals surface area contributed by atoms with Crippen LogP contribution in [0.1, 0.15) is 49.6 Å². The number of methoxy groups -OCH3 is 1. The quantitative estimate of drug-likeness (QED) is 0.830. The molecule has 0 aromatic carbocycles. The van der Waals surface area contributed by atoms with E-state index in [0.29, 0.717) is 13.1 Å². The van der Waals surface area contributed by atoms with Gasteiger partial charge in [-0.05, 0) is 39.0 Å². The third kappa shape index (κ3) is 4.03. The Labute approximate surface area is 148 Å². The minimum Gasteiger partial charge on any atom is -0.375 e. The fourth-order valence-corrected chi connectivity index (χ4v) is 3.87. The average Bonchev–Trinajstić information content (AvgIpc) is 3.08. The zero-order chi connectivity index (χ0) is 17.8. The van der Waals surface area contributed by atoms with Gasteiger partial charge in [0.1, 0.15) is 18.1 Å². The molecule has 0 saturated carbocycles. The van der Waals surface area contributed by atoms with Crippen LogP contribution < -0.4 is 0 Å². The molecular formula is C18H27N3O4. The molecule has 1 aromatic rings. The lowest BCUT2D eigenvalue weighted by Gasteiger charge is -2.39. The highest BCUT2D eigenvalue weighted by Crippen LogP contribution is 2.33. The highest BCUT2D eigenvalue weighted by molar-refractivity contribution is 5.81. The zero-order valence-corrected chi connectivity index (χ0v) is 15.1. The number of ether oxygens (including phenoxy) is 1. The molecule has 1 aromatic heterocycles. The Balaban J connectivity index is 1.62. The number of piperidine rings is 2. The molecule has 2 saturated heterocycles. The van der Waals surface area contributed by atoms with Crippen molar-refractivity contribution >= 4 is 11.8 Å². The summed E-state index contributed by atoms with van der Waals surface area (Å²) < 4.78 is 10.1. The monoisotopic (exact) mass is 349 g/mol. The number of rotatable bonds is 4. The van der Waals surface area contributed by atoms with Crippen LogP contribution >= 0.6 is 0 Å². The van der Waals surface area contributed by atoms with Crippen molar-refractivity contribution in [2.45, 2.75) is 45.1 Å². The maximum Gasteiger partial charge on any atom is 0.248 e. The van der Waals surface area contributed by atoms with Crippen molar-refractivity contribution in [2.75, 3.05) is 33.4 Å². The molecule has 0 radical (unpaired) electrons. The second-order valence-electron chi connectivity index (χ2n) is 6.99. The normalized spacial score (nSPS) is 22.2. The molecule has 0 aliphatic carbocycles. The molecule has 2 fully saturated rings. The van der Waals surface area contributed by atoms with Crippen molar-refractivity contribution < 1.29 is 18.8 Å². The number of hydrogen-bond acceptors (Lipinski definition) is 5. The maximum absolute atomic E-state index is 13.1. The Morgan fingerprint density at radius 3 is 2.64 bits per heavy atom. The maximum atomic E-state index is 13.1. The number of hydrogen-bond donors (Lipinski definition) is 0. The Hall–Kier alpha value is -1.89. The minimum absolute atomic E-state index is 0.00215. The molecule has 7 heteroatoms. The second kappa shape index (κ2) is 7.99. The Morgan fingerprint density at radius 2 is 2.00 bits per heavy atom. The second-order valence-corrected chi connectivity index (χ2v) is 6.99. The van der Waals surface area contributed by atoms with E-state index in [-0.39, 0.29) is 30.4 Å². The lowest BCUT2D eigenvalue weighted by atomic mass is 9.91. The summed E-state index contributed by atoms with van der Waals surface area (Å²) in [5, 5.41) is 4.14. The van der Waals surface area contributed by atoms with Crippen LogP contribution in [-0.4, -0.2) is 60.1 Å². The first-order chi connectivity index (χ1) is 12.1. The van der Waals surface area contributed by atoms with Crippen molar-refractivity contribution in [3.05, 3.63) is 17.5 Å². The van der Waals surface area contributed by atoms with Crippen LogP contribution in [0.2, 0.25) is 0 Å². The van der Waals surface area contributed by atoms with Crippen LogP contribution in [0, 0.1) is 12.8 Å². The van der Waals surface area contributed by atoms with Crippen molar-refractivity contribution in [3.8, 4) is 0 Å². The molecule has 2 amide bonds. The molecule has 3 rings (SSSR count). The summed E-state index contributed by atoms with van der Waals surface area (Å²) in [6.45, 7) is 4.01. The van der Waals surface area contributed by atoms with Gasteiger partial charge in [0.25, 0.3) is 0 Å².